The molecule has 0 radical (unpaired) electrons. The van der Waals surface area contributed by atoms with Gasteiger partial charge >= 0.3 is 0 Å². The molecule has 0 aliphatic carbocycles. The molecule has 148 valence electrons. The molecule has 2 aromatic rings. The number of amides is 1. The number of likely N-dealkylation sites (tertiary alicyclic amines) is 1. The molecule has 2 saturated heterocycles. The van der Waals surface area contributed by atoms with Crippen LogP contribution in [0.1, 0.15) is 17.0 Å². The zero-order valence-electron chi connectivity index (χ0n) is 16.2. The van der Waals surface area contributed by atoms with E-state index in [1.807, 2.05) is 17.0 Å². The summed E-state index contributed by atoms with van der Waals surface area (Å²) in [5.74, 6) is 0.712. The third-order valence-electron chi connectivity index (χ3n) is 5.96. The fourth-order valence-electron chi connectivity index (χ4n) is 4.41. The predicted molar refractivity (Wildman–Crippen MR) is 110 cm³/mol. The first-order chi connectivity index (χ1) is 13.7. The normalized spacial score (nSPS) is 25.8. The van der Waals surface area contributed by atoms with E-state index in [1.165, 1.54) is 11.1 Å². The molecule has 2 aliphatic rings. The van der Waals surface area contributed by atoms with Crippen LogP contribution in [0.3, 0.4) is 0 Å². The molecule has 4 rings (SSSR count). The van der Waals surface area contributed by atoms with Crippen molar-refractivity contribution in [2.45, 2.75) is 18.6 Å². The molecule has 2 heterocycles. The van der Waals surface area contributed by atoms with Gasteiger partial charge in [0.05, 0.1) is 6.61 Å². The van der Waals surface area contributed by atoms with Gasteiger partial charge in [-0.05, 0) is 23.6 Å². The van der Waals surface area contributed by atoms with Gasteiger partial charge in [0.15, 0.2) is 0 Å². The second-order valence-corrected chi connectivity index (χ2v) is 7.84. The van der Waals surface area contributed by atoms with Crippen LogP contribution in [0.2, 0.25) is 0 Å². The Bertz CT molecular complexity index is 768. The average molecular weight is 380 g/mol. The van der Waals surface area contributed by atoms with Crippen LogP contribution in [0, 0.1) is 5.92 Å². The summed E-state index contributed by atoms with van der Waals surface area (Å²) in [4.78, 5) is 17.4. The van der Waals surface area contributed by atoms with Crippen molar-refractivity contribution in [1.29, 1.82) is 0 Å². The average Bonchev–Trinajstić information content (AvgIpc) is 3.19. The quantitative estimate of drug-likeness (QED) is 0.864. The lowest BCUT2D eigenvalue weighted by atomic mass is 9.89. The summed E-state index contributed by atoms with van der Waals surface area (Å²) < 4.78 is 5.87. The van der Waals surface area contributed by atoms with E-state index in [-0.39, 0.29) is 12.0 Å². The number of carbonyl (C=O) groups excluding carboxylic acids is 1. The van der Waals surface area contributed by atoms with Crippen molar-refractivity contribution in [3.63, 3.8) is 0 Å². The highest BCUT2D eigenvalue weighted by molar-refractivity contribution is 5.81. The number of ether oxygens (including phenoxy) is 1. The summed E-state index contributed by atoms with van der Waals surface area (Å²) in [6.45, 7) is 4.99. The summed E-state index contributed by atoms with van der Waals surface area (Å²) in [6.07, 6.45) is -0.384. The van der Waals surface area contributed by atoms with Crippen LogP contribution in [0.15, 0.2) is 60.7 Å². The van der Waals surface area contributed by atoms with Crippen molar-refractivity contribution in [3.05, 3.63) is 71.8 Å². The monoisotopic (exact) mass is 379 g/mol. The van der Waals surface area contributed by atoms with E-state index in [1.54, 1.807) is 0 Å². The minimum Gasteiger partial charge on any atom is -0.366 e. The van der Waals surface area contributed by atoms with E-state index in [0.29, 0.717) is 38.1 Å². The maximum Gasteiger partial charge on any atom is 0.253 e. The van der Waals surface area contributed by atoms with Gasteiger partial charge in [-0.25, -0.2) is 0 Å². The second kappa shape index (κ2) is 8.86. The first kappa shape index (κ1) is 19.1. The van der Waals surface area contributed by atoms with Crippen molar-refractivity contribution >= 4 is 5.91 Å². The van der Waals surface area contributed by atoms with Gasteiger partial charge in [0.25, 0.3) is 5.91 Å². The number of carbonyl (C=O) groups is 1. The number of rotatable bonds is 5. The van der Waals surface area contributed by atoms with Gasteiger partial charge < -0.3 is 15.4 Å². The number of nitrogens with two attached hydrogens (primary N) is 1. The molecule has 1 unspecified atom stereocenters. The third-order valence-corrected chi connectivity index (χ3v) is 5.96. The summed E-state index contributed by atoms with van der Waals surface area (Å²) in [7, 11) is 0. The lowest BCUT2D eigenvalue weighted by Gasteiger charge is -2.34. The maximum atomic E-state index is 13.2. The van der Waals surface area contributed by atoms with Gasteiger partial charge in [0.1, 0.15) is 6.10 Å². The highest BCUT2D eigenvalue weighted by atomic mass is 16.5. The SMILES string of the molecule is NC[C@@H]1CN(C(=O)C2CN(Cc3ccccc3)CCO2)C[C@H]1c1ccccc1. The number of benzene rings is 2. The Morgan fingerprint density at radius 2 is 1.71 bits per heavy atom. The van der Waals surface area contributed by atoms with Crippen LogP contribution in [0.5, 0.6) is 0 Å². The maximum absolute atomic E-state index is 13.2. The topological polar surface area (TPSA) is 58.8 Å². The molecule has 2 aromatic carbocycles. The number of morpholine rings is 1. The Morgan fingerprint density at radius 3 is 2.43 bits per heavy atom. The van der Waals surface area contributed by atoms with Crippen molar-refractivity contribution in [1.82, 2.24) is 9.80 Å². The fraction of sp³-hybridized carbons (Fsp3) is 0.435. The second-order valence-electron chi connectivity index (χ2n) is 7.84. The van der Waals surface area contributed by atoms with Crippen LogP contribution in [-0.4, -0.2) is 61.1 Å². The first-order valence-corrected chi connectivity index (χ1v) is 10.2. The lowest BCUT2D eigenvalue weighted by molar-refractivity contribution is -0.148. The molecule has 2 aliphatic heterocycles. The van der Waals surface area contributed by atoms with E-state index in [9.17, 15) is 4.79 Å². The summed E-state index contributed by atoms with van der Waals surface area (Å²) >= 11 is 0. The van der Waals surface area contributed by atoms with Crippen LogP contribution in [0.25, 0.3) is 0 Å². The van der Waals surface area contributed by atoms with Crippen molar-refractivity contribution < 1.29 is 9.53 Å². The van der Waals surface area contributed by atoms with Gasteiger partial charge in [0, 0.05) is 38.6 Å². The van der Waals surface area contributed by atoms with Crippen LogP contribution < -0.4 is 5.73 Å². The van der Waals surface area contributed by atoms with Gasteiger partial charge in [-0.3, -0.25) is 9.69 Å². The van der Waals surface area contributed by atoms with E-state index >= 15 is 0 Å². The molecule has 2 N–H and O–H groups in total. The fourth-order valence-corrected chi connectivity index (χ4v) is 4.41. The molecule has 0 aromatic heterocycles. The first-order valence-electron chi connectivity index (χ1n) is 10.2. The molecule has 2 fully saturated rings. The van der Waals surface area contributed by atoms with Crippen LogP contribution in [0.4, 0.5) is 0 Å². The minimum atomic E-state index is -0.384. The lowest BCUT2D eigenvalue weighted by Crippen LogP contribution is -2.50. The molecule has 0 bridgehead atoms. The van der Waals surface area contributed by atoms with Crippen molar-refractivity contribution in [3.8, 4) is 0 Å². The molecule has 0 spiro atoms. The summed E-state index contributed by atoms with van der Waals surface area (Å²) in [5, 5.41) is 0. The third kappa shape index (κ3) is 4.27. The molecule has 28 heavy (non-hydrogen) atoms. The Balaban J connectivity index is 1.39. The molecule has 5 nitrogen and oxygen atoms in total. The van der Waals surface area contributed by atoms with Gasteiger partial charge in [0.2, 0.25) is 0 Å². The van der Waals surface area contributed by atoms with E-state index < -0.39 is 0 Å². The smallest absolute Gasteiger partial charge is 0.253 e. The Kier molecular flexibility index (Phi) is 6.05. The van der Waals surface area contributed by atoms with E-state index in [2.05, 4.69) is 53.4 Å². The number of hydrogen-bond donors (Lipinski definition) is 1. The van der Waals surface area contributed by atoms with E-state index in [0.717, 1.165) is 19.6 Å². The zero-order chi connectivity index (χ0) is 19.3. The largest absolute Gasteiger partial charge is 0.366 e. The molecule has 0 saturated carbocycles. The zero-order valence-corrected chi connectivity index (χ0v) is 16.2. The van der Waals surface area contributed by atoms with Crippen molar-refractivity contribution in [2.24, 2.45) is 11.7 Å². The van der Waals surface area contributed by atoms with Crippen LogP contribution >= 0.6 is 0 Å². The standard InChI is InChI=1S/C23H29N3O2/c24-13-20-15-26(16-21(20)19-9-5-2-6-10-19)23(27)22-17-25(11-12-28-22)14-18-7-3-1-4-8-18/h1-10,20-22H,11-17,24H2/t20-,21+,22?/m1/s1. The number of nitrogens with zero attached hydrogens (tertiary/aromatic N) is 2. The van der Waals surface area contributed by atoms with Crippen molar-refractivity contribution in [2.75, 3.05) is 39.3 Å². The predicted octanol–water partition coefficient (Wildman–Crippen LogP) is 2.09. The van der Waals surface area contributed by atoms with Crippen LogP contribution in [-0.2, 0) is 16.1 Å². The molecule has 5 heteroatoms. The molecule has 3 atom stereocenters. The van der Waals surface area contributed by atoms with E-state index in [4.69, 9.17) is 10.5 Å². The Morgan fingerprint density at radius 1 is 1.00 bits per heavy atom. The van der Waals surface area contributed by atoms with Gasteiger partial charge in [-0.2, -0.15) is 0 Å². The highest BCUT2D eigenvalue weighted by Crippen LogP contribution is 2.32. The molecular weight excluding hydrogens is 350 g/mol. The molecule has 1 amide bonds. The minimum absolute atomic E-state index is 0.106. The van der Waals surface area contributed by atoms with Gasteiger partial charge in [-0.1, -0.05) is 60.7 Å². The molecular formula is C23H29N3O2. The Labute approximate surface area is 167 Å². The van der Waals surface area contributed by atoms with Gasteiger partial charge in [-0.15, -0.1) is 0 Å². The summed E-state index contributed by atoms with van der Waals surface area (Å²) in [6, 6.07) is 20.8. The summed E-state index contributed by atoms with van der Waals surface area (Å²) in [5.41, 5.74) is 8.57. The number of hydrogen-bond acceptors (Lipinski definition) is 4. The Hall–Kier alpha value is -2.21. The highest BCUT2D eigenvalue weighted by Gasteiger charge is 2.39.